The Kier molecular flexibility index (Phi) is 10.5. The molecule has 0 bridgehead atoms. The third-order valence-corrected chi connectivity index (χ3v) is 4.33. The van der Waals surface area contributed by atoms with E-state index >= 15 is 0 Å². The van der Waals surface area contributed by atoms with Crippen molar-refractivity contribution in [3.63, 3.8) is 0 Å². The Morgan fingerprint density at radius 3 is 2.52 bits per heavy atom. The highest BCUT2D eigenvalue weighted by Gasteiger charge is 2.21. The molecule has 1 amide bonds. The van der Waals surface area contributed by atoms with Crippen molar-refractivity contribution in [1.29, 1.82) is 0 Å². The van der Waals surface area contributed by atoms with E-state index in [0.717, 1.165) is 37.7 Å². The van der Waals surface area contributed by atoms with Gasteiger partial charge in [0, 0.05) is 38.8 Å². The van der Waals surface area contributed by atoms with Crippen molar-refractivity contribution < 1.29 is 4.79 Å². The number of halogens is 1. The van der Waals surface area contributed by atoms with Crippen LogP contribution in [0, 0.1) is 0 Å². The van der Waals surface area contributed by atoms with Crippen molar-refractivity contribution in [2.75, 3.05) is 25.0 Å². The fourth-order valence-corrected chi connectivity index (χ4v) is 2.88. The lowest BCUT2D eigenvalue weighted by atomic mass is 10.2. The summed E-state index contributed by atoms with van der Waals surface area (Å²) in [7, 11) is 1.80. The van der Waals surface area contributed by atoms with Crippen molar-refractivity contribution in [3.8, 4) is 0 Å². The van der Waals surface area contributed by atoms with Gasteiger partial charge in [-0.3, -0.25) is 9.79 Å². The normalized spacial score (nSPS) is 14.4. The monoisotopic (exact) mass is 458 g/mol. The second-order valence-electron chi connectivity index (χ2n) is 6.23. The van der Waals surface area contributed by atoms with Crippen LogP contribution in [0.25, 0.3) is 0 Å². The standard InChI is InChI=1S/C19H30N4O.HI/c1-3-4-5-6-13-21-19(20-2)22-15-16-9-11-17(12-10-16)23-14-7-8-18(23)24;/h9-12H,3-8,13-15H2,1-2H3,(H2,20,21,22);1H. The predicted octanol–water partition coefficient (Wildman–Crippen LogP) is 3.68. The van der Waals surface area contributed by atoms with Crippen LogP contribution in [0.15, 0.2) is 29.3 Å². The maximum atomic E-state index is 11.8. The van der Waals surface area contributed by atoms with Crippen molar-refractivity contribution in [3.05, 3.63) is 29.8 Å². The van der Waals surface area contributed by atoms with E-state index in [0.29, 0.717) is 6.42 Å². The number of nitrogens with zero attached hydrogens (tertiary/aromatic N) is 2. The molecule has 140 valence electrons. The summed E-state index contributed by atoms with van der Waals surface area (Å²) in [6.07, 6.45) is 6.61. The number of benzene rings is 1. The first kappa shape index (κ1) is 21.7. The molecule has 1 fully saturated rings. The number of amides is 1. The van der Waals surface area contributed by atoms with E-state index in [2.05, 4.69) is 34.7 Å². The molecule has 0 unspecified atom stereocenters. The minimum absolute atomic E-state index is 0. The van der Waals surface area contributed by atoms with E-state index in [1.54, 1.807) is 7.05 Å². The molecule has 5 nitrogen and oxygen atoms in total. The molecule has 0 spiro atoms. The van der Waals surface area contributed by atoms with Crippen molar-refractivity contribution in [2.45, 2.75) is 52.0 Å². The van der Waals surface area contributed by atoms with E-state index in [1.807, 2.05) is 17.0 Å². The number of anilines is 1. The number of unbranched alkanes of at least 4 members (excludes halogenated alkanes) is 3. The van der Waals surface area contributed by atoms with Gasteiger partial charge in [0.15, 0.2) is 5.96 Å². The smallest absolute Gasteiger partial charge is 0.227 e. The first-order chi connectivity index (χ1) is 11.7. The summed E-state index contributed by atoms with van der Waals surface area (Å²) in [4.78, 5) is 17.9. The average Bonchev–Trinajstić information content (AvgIpc) is 3.04. The van der Waals surface area contributed by atoms with Gasteiger partial charge in [0.1, 0.15) is 0 Å². The molecule has 1 aliphatic heterocycles. The molecule has 0 saturated carbocycles. The van der Waals surface area contributed by atoms with Gasteiger partial charge in [-0.05, 0) is 30.5 Å². The van der Waals surface area contributed by atoms with Gasteiger partial charge in [-0.15, -0.1) is 24.0 Å². The van der Waals surface area contributed by atoms with Crippen LogP contribution >= 0.6 is 24.0 Å². The fourth-order valence-electron chi connectivity index (χ4n) is 2.88. The topological polar surface area (TPSA) is 56.7 Å². The summed E-state index contributed by atoms with van der Waals surface area (Å²) in [5, 5.41) is 6.68. The number of hydrogen-bond acceptors (Lipinski definition) is 2. The molecule has 1 aromatic rings. The summed E-state index contributed by atoms with van der Waals surface area (Å²) in [6.45, 7) is 4.74. The van der Waals surface area contributed by atoms with Gasteiger partial charge in [-0.2, -0.15) is 0 Å². The highest BCUT2D eigenvalue weighted by molar-refractivity contribution is 14.0. The molecule has 0 aliphatic carbocycles. The lowest BCUT2D eigenvalue weighted by Gasteiger charge is -2.16. The van der Waals surface area contributed by atoms with E-state index in [-0.39, 0.29) is 29.9 Å². The second kappa shape index (κ2) is 12.1. The van der Waals surface area contributed by atoms with Crippen molar-refractivity contribution in [2.24, 2.45) is 4.99 Å². The number of aliphatic imine (C=N–C) groups is 1. The van der Waals surface area contributed by atoms with Gasteiger partial charge >= 0.3 is 0 Å². The first-order valence-electron chi connectivity index (χ1n) is 9.08. The summed E-state index contributed by atoms with van der Waals surface area (Å²) in [5.41, 5.74) is 2.18. The zero-order valence-corrected chi connectivity index (χ0v) is 17.7. The molecule has 2 N–H and O–H groups in total. The largest absolute Gasteiger partial charge is 0.356 e. The lowest BCUT2D eigenvalue weighted by molar-refractivity contribution is -0.117. The summed E-state index contributed by atoms with van der Waals surface area (Å²) < 4.78 is 0. The molecule has 0 atom stereocenters. The van der Waals surface area contributed by atoms with Crippen molar-refractivity contribution in [1.82, 2.24) is 10.6 Å². The number of guanidine groups is 1. The molecule has 1 aromatic carbocycles. The van der Waals surface area contributed by atoms with Crippen LogP contribution in [0.4, 0.5) is 5.69 Å². The van der Waals surface area contributed by atoms with Crippen LogP contribution in [-0.2, 0) is 11.3 Å². The maximum absolute atomic E-state index is 11.8. The zero-order chi connectivity index (χ0) is 17.2. The predicted molar refractivity (Wildman–Crippen MR) is 116 cm³/mol. The summed E-state index contributed by atoms with van der Waals surface area (Å²) in [5.74, 6) is 1.07. The van der Waals surface area contributed by atoms with E-state index in [1.165, 1.54) is 31.2 Å². The van der Waals surface area contributed by atoms with Gasteiger partial charge in [-0.25, -0.2) is 0 Å². The minimum atomic E-state index is 0. The highest BCUT2D eigenvalue weighted by Crippen LogP contribution is 2.21. The Bertz CT molecular complexity index is 545. The zero-order valence-electron chi connectivity index (χ0n) is 15.4. The van der Waals surface area contributed by atoms with E-state index in [4.69, 9.17) is 0 Å². The van der Waals surface area contributed by atoms with Gasteiger partial charge < -0.3 is 15.5 Å². The Morgan fingerprint density at radius 1 is 1.16 bits per heavy atom. The van der Waals surface area contributed by atoms with Crippen LogP contribution in [-0.4, -0.2) is 32.0 Å². The van der Waals surface area contributed by atoms with Gasteiger partial charge in [-0.1, -0.05) is 38.3 Å². The molecule has 0 aromatic heterocycles. The molecular formula is C19H31IN4O. The molecular weight excluding hydrogens is 427 g/mol. The molecule has 6 heteroatoms. The Morgan fingerprint density at radius 2 is 1.92 bits per heavy atom. The summed E-state index contributed by atoms with van der Waals surface area (Å²) in [6, 6.07) is 8.20. The van der Waals surface area contributed by atoms with Gasteiger partial charge in [0.2, 0.25) is 5.91 Å². The number of carbonyl (C=O) groups excluding carboxylic acids is 1. The molecule has 25 heavy (non-hydrogen) atoms. The Hall–Kier alpha value is -1.31. The fraction of sp³-hybridized carbons (Fsp3) is 0.579. The minimum Gasteiger partial charge on any atom is -0.356 e. The Balaban J connectivity index is 0.00000312. The molecule has 0 radical (unpaired) electrons. The maximum Gasteiger partial charge on any atom is 0.227 e. The van der Waals surface area contributed by atoms with Crippen LogP contribution in [0.2, 0.25) is 0 Å². The molecule has 2 rings (SSSR count). The number of rotatable bonds is 8. The van der Waals surface area contributed by atoms with E-state index in [9.17, 15) is 4.79 Å². The molecule has 1 heterocycles. The van der Waals surface area contributed by atoms with Gasteiger partial charge in [0.25, 0.3) is 0 Å². The first-order valence-corrected chi connectivity index (χ1v) is 9.08. The average molecular weight is 458 g/mol. The van der Waals surface area contributed by atoms with E-state index < -0.39 is 0 Å². The lowest BCUT2D eigenvalue weighted by Crippen LogP contribution is -2.37. The number of hydrogen-bond donors (Lipinski definition) is 2. The third kappa shape index (κ3) is 7.22. The molecule has 1 aliphatic rings. The summed E-state index contributed by atoms with van der Waals surface area (Å²) >= 11 is 0. The number of carbonyl (C=O) groups is 1. The SMILES string of the molecule is CCCCCCNC(=NC)NCc1ccc(N2CCCC2=O)cc1.I. The number of nitrogens with one attached hydrogen (secondary N) is 2. The second-order valence-corrected chi connectivity index (χ2v) is 6.23. The van der Waals surface area contributed by atoms with Crippen molar-refractivity contribution >= 4 is 41.5 Å². The van der Waals surface area contributed by atoms with Gasteiger partial charge in [0.05, 0.1) is 0 Å². The third-order valence-electron chi connectivity index (χ3n) is 4.33. The highest BCUT2D eigenvalue weighted by atomic mass is 127. The van der Waals surface area contributed by atoms with Crippen LogP contribution in [0.1, 0.15) is 51.0 Å². The molecule has 1 saturated heterocycles. The quantitative estimate of drug-likeness (QED) is 0.271. The Labute approximate surface area is 168 Å². The van der Waals surface area contributed by atoms with Crippen LogP contribution in [0.5, 0.6) is 0 Å². The van der Waals surface area contributed by atoms with Crippen LogP contribution in [0.3, 0.4) is 0 Å². The van der Waals surface area contributed by atoms with Crippen LogP contribution < -0.4 is 15.5 Å².